The van der Waals surface area contributed by atoms with Crippen LogP contribution in [0.4, 0.5) is 4.39 Å². The summed E-state index contributed by atoms with van der Waals surface area (Å²) in [5.74, 6) is 3.01. The van der Waals surface area contributed by atoms with Crippen LogP contribution in [-0.4, -0.2) is 12.2 Å². The molecule has 5 unspecified atom stereocenters. The monoisotopic (exact) mass is 262 g/mol. The summed E-state index contributed by atoms with van der Waals surface area (Å²) in [5, 5.41) is 10.5. The minimum atomic E-state index is -0.659. The van der Waals surface area contributed by atoms with Crippen molar-refractivity contribution in [2.75, 3.05) is 7.11 Å². The van der Waals surface area contributed by atoms with Gasteiger partial charge in [-0.1, -0.05) is 12.1 Å². The summed E-state index contributed by atoms with van der Waals surface area (Å²) in [6, 6.07) is 5.05. The first-order chi connectivity index (χ1) is 9.22. The van der Waals surface area contributed by atoms with Gasteiger partial charge in [0.25, 0.3) is 0 Å². The zero-order valence-electron chi connectivity index (χ0n) is 11.1. The van der Waals surface area contributed by atoms with E-state index in [1.54, 1.807) is 18.2 Å². The Kier molecular flexibility index (Phi) is 2.44. The van der Waals surface area contributed by atoms with E-state index in [2.05, 4.69) is 0 Å². The van der Waals surface area contributed by atoms with Crippen LogP contribution >= 0.6 is 0 Å². The molecule has 0 radical (unpaired) electrons. The van der Waals surface area contributed by atoms with E-state index in [0.717, 1.165) is 11.8 Å². The number of rotatable bonds is 3. The molecule has 4 rings (SSSR count). The quantitative estimate of drug-likeness (QED) is 0.906. The van der Waals surface area contributed by atoms with Crippen LogP contribution in [0.5, 0.6) is 5.75 Å². The van der Waals surface area contributed by atoms with E-state index < -0.39 is 11.9 Å². The number of halogens is 1. The lowest BCUT2D eigenvalue weighted by molar-refractivity contribution is 0.125. The summed E-state index contributed by atoms with van der Waals surface area (Å²) in [6.45, 7) is 0. The molecule has 0 spiro atoms. The molecule has 2 nitrogen and oxygen atoms in total. The largest absolute Gasteiger partial charge is 0.494 e. The van der Waals surface area contributed by atoms with Gasteiger partial charge in [-0.2, -0.15) is 0 Å². The highest BCUT2D eigenvalue weighted by Crippen LogP contribution is 2.72. The van der Waals surface area contributed by atoms with E-state index >= 15 is 0 Å². The molecule has 1 aromatic carbocycles. The molecular weight excluding hydrogens is 243 g/mol. The zero-order chi connectivity index (χ0) is 13.1. The van der Waals surface area contributed by atoms with Crippen LogP contribution in [0, 0.1) is 35.4 Å². The Hall–Kier alpha value is -1.09. The SMILES string of the molecule is COc1cccc(C(O)C2C3C4CCC(C4)C32)c1F. The molecule has 0 amide bonds. The Balaban J connectivity index is 1.61. The molecule has 1 aromatic rings. The summed E-state index contributed by atoms with van der Waals surface area (Å²) in [4.78, 5) is 0. The van der Waals surface area contributed by atoms with Gasteiger partial charge < -0.3 is 9.84 Å². The summed E-state index contributed by atoms with van der Waals surface area (Å²) >= 11 is 0. The third kappa shape index (κ3) is 1.51. The molecule has 3 aliphatic rings. The average Bonchev–Trinajstić information content (AvgIpc) is 2.86. The van der Waals surface area contributed by atoms with Crippen molar-refractivity contribution >= 4 is 0 Å². The van der Waals surface area contributed by atoms with E-state index in [4.69, 9.17) is 4.74 Å². The maximum atomic E-state index is 14.2. The molecule has 3 saturated carbocycles. The first-order valence-electron chi connectivity index (χ1n) is 7.23. The van der Waals surface area contributed by atoms with Crippen LogP contribution in [0.15, 0.2) is 18.2 Å². The van der Waals surface area contributed by atoms with E-state index in [1.807, 2.05) is 0 Å². The van der Waals surface area contributed by atoms with Crippen LogP contribution in [0.2, 0.25) is 0 Å². The van der Waals surface area contributed by atoms with Gasteiger partial charge in [-0.25, -0.2) is 4.39 Å². The number of benzene rings is 1. The van der Waals surface area contributed by atoms with Gasteiger partial charge in [0.05, 0.1) is 13.2 Å². The molecule has 3 aliphatic carbocycles. The Labute approximate surface area is 112 Å². The van der Waals surface area contributed by atoms with E-state index in [1.165, 1.54) is 26.4 Å². The molecule has 0 aromatic heterocycles. The van der Waals surface area contributed by atoms with Crippen molar-refractivity contribution in [3.8, 4) is 5.75 Å². The second-order valence-electron chi connectivity index (χ2n) is 6.37. The summed E-state index contributed by atoms with van der Waals surface area (Å²) in [5.41, 5.74) is 0.415. The number of ether oxygens (including phenoxy) is 1. The highest BCUT2D eigenvalue weighted by Gasteiger charge is 2.67. The first-order valence-corrected chi connectivity index (χ1v) is 7.23. The summed E-state index contributed by atoms with van der Waals surface area (Å²) < 4.78 is 19.2. The summed E-state index contributed by atoms with van der Waals surface area (Å²) in [6.07, 6.45) is 3.32. The van der Waals surface area contributed by atoms with E-state index in [-0.39, 0.29) is 11.7 Å². The smallest absolute Gasteiger partial charge is 0.170 e. The first kappa shape index (κ1) is 11.7. The van der Waals surface area contributed by atoms with Gasteiger partial charge in [0, 0.05) is 5.56 Å². The normalized spacial score (nSPS) is 40.1. The van der Waals surface area contributed by atoms with Gasteiger partial charge in [-0.3, -0.25) is 0 Å². The predicted molar refractivity (Wildman–Crippen MR) is 69.2 cm³/mol. The minimum absolute atomic E-state index is 0.227. The maximum absolute atomic E-state index is 14.2. The number of fused-ring (bicyclic) bond motifs is 5. The molecule has 19 heavy (non-hydrogen) atoms. The maximum Gasteiger partial charge on any atom is 0.170 e. The fourth-order valence-electron chi connectivity index (χ4n) is 4.94. The Morgan fingerprint density at radius 1 is 1.26 bits per heavy atom. The van der Waals surface area contributed by atoms with Crippen LogP contribution < -0.4 is 4.74 Å². The van der Waals surface area contributed by atoms with Gasteiger partial charge in [0.15, 0.2) is 11.6 Å². The lowest BCUT2D eigenvalue weighted by Crippen LogP contribution is -2.10. The molecule has 2 bridgehead atoms. The van der Waals surface area contributed by atoms with Gasteiger partial charge in [-0.15, -0.1) is 0 Å². The third-order valence-corrected chi connectivity index (χ3v) is 5.69. The zero-order valence-corrected chi connectivity index (χ0v) is 11.1. The molecule has 102 valence electrons. The van der Waals surface area contributed by atoms with Crippen LogP contribution in [0.3, 0.4) is 0 Å². The Morgan fingerprint density at radius 2 is 1.95 bits per heavy atom. The Bertz CT molecular complexity index is 499. The van der Waals surface area contributed by atoms with E-state index in [9.17, 15) is 9.50 Å². The standard InChI is InChI=1S/C16H19FO2/c1-19-11-4-2-3-10(15(11)17)16(18)14-12-8-5-6-9(7-8)13(12)14/h2-4,8-9,12-14,16,18H,5-7H2,1H3. The van der Waals surface area contributed by atoms with Crippen molar-refractivity contribution in [3.63, 3.8) is 0 Å². The number of hydrogen-bond acceptors (Lipinski definition) is 2. The fraction of sp³-hybridized carbons (Fsp3) is 0.625. The number of hydrogen-bond donors (Lipinski definition) is 1. The highest BCUT2D eigenvalue weighted by atomic mass is 19.1. The molecule has 0 saturated heterocycles. The number of methoxy groups -OCH3 is 1. The highest BCUT2D eigenvalue weighted by molar-refractivity contribution is 5.34. The van der Waals surface area contributed by atoms with Gasteiger partial charge in [0.2, 0.25) is 0 Å². The molecule has 0 aliphatic heterocycles. The molecule has 5 atom stereocenters. The minimum Gasteiger partial charge on any atom is -0.494 e. The van der Waals surface area contributed by atoms with Gasteiger partial charge >= 0.3 is 0 Å². The second-order valence-corrected chi connectivity index (χ2v) is 6.37. The lowest BCUT2D eigenvalue weighted by Gasteiger charge is -2.17. The molecular formula is C16H19FO2. The number of aliphatic hydroxyl groups is 1. The van der Waals surface area contributed by atoms with Crippen LogP contribution in [0.25, 0.3) is 0 Å². The fourth-order valence-corrected chi connectivity index (χ4v) is 4.94. The van der Waals surface area contributed by atoms with Crippen molar-refractivity contribution in [2.24, 2.45) is 29.6 Å². The van der Waals surface area contributed by atoms with Gasteiger partial charge in [-0.05, 0) is 54.9 Å². The lowest BCUT2D eigenvalue weighted by atomic mass is 9.94. The number of aliphatic hydroxyl groups excluding tert-OH is 1. The van der Waals surface area contributed by atoms with E-state index in [0.29, 0.717) is 17.4 Å². The summed E-state index contributed by atoms with van der Waals surface area (Å²) in [7, 11) is 1.46. The Morgan fingerprint density at radius 3 is 2.58 bits per heavy atom. The van der Waals surface area contributed by atoms with Crippen molar-refractivity contribution in [1.82, 2.24) is 0 Å². The second kappa shape index (κ2) is 3.95. The van der Waals surface area contributed by atoms with Crippen molar-refractivity contribution in [1.29, 1.82) is 0 Å². The third-order valence-electron chi connectivity index (χ3n) is 5.69. The molecule has 0 heterocycles. The molecule has 3 fully saturated rings. The topological polar surface area (TPSA) is 29.5 Å². The van der Waals surface area contributed by atoms with Gasteiger partial charge in [0.1, 0.15) is 0 Å². The van der Waals surface area contributed by atoms with Crippen LogP contribution in [0.1, 0.15) is 30.9 Å². The van der Waals surface area contributed by atoms with Crippen molar-refractivity contribution in [3.05, 3.63) is 29.6 Å². The van der Waals surface area contributed by atoms with Crippen molar-refractivity contribution in [2.45, 2.75) is 25.4 Å². The van der Waals surface area contributed by atoms with Crippen molar-refractivity contribution < 1.29 is 14.2 Å². The average molecular weight is 262 g/mol. The molecule has 3 heteroatoms. The molecule has 1 N–H and O–H groups in total. The predicted octanol–water partition coefficient (Wildman–Crippen LogP) is 3.16. The van der Waals surface area contributed by atoms with Crippen LogP contribution in [-0.2, 0) is 0 Å².